The lowest BCUT2D eigenvalue weighted by Gasteiger charge is -2.29. The zero-order valence-electron chi connectivity index (χ0n) is 15.4. The fourth-order valence-electron chi connectivity index (χ4n) is 3.20. The number of hydrogen-bond acceptors (Lipinski definition) is 2. The van der Waals surface area contributed by atoms with Gasteiger partial charge in [-0.3, -0.25) is 4.79 Å². The minimum absolute atomic E-state index is 0.0438. The molecule has 0 saturated carbocycles. The van der Waals surface area contributed by atoms with E-state index in [1.807, 2.05) is 54.6 Å². The molecule has 0 fully saturated rings. The molecule has 0 aromatic heterocycles. The summed E-state index contributed by atoms with van der Waals surface area (Å²) in [6, 6.07) is 23.2. The van der Waals surface area contributed by atoms with E-state index in [9.17, 15) is 9.18 Å². The normalized spacial score (nSPS) is 11.7. The summed E-state index contributed by atoms with van der Waals surface area (Å²) >= 11 is 0. The maximum Gasteiger partial charge on any atom is 0.227 e. The van der Waals surface area contributed by atoms with E-state index in [-0.39, 0.29) is 24.2 Å². The molecule has 0 spiro atoms. The van der Waals surface area contributed by atoms with Gasteiger partial charge in [0.1, 0.15) is 11.6 Å². The molecule has 3 nitrogen and oxygen atoms in total. The standard InChI is InChI=1S/C23H22FNO2/c1-25(22(26)16-19-10-6-7-11-21(19)27-2)23(17-8-4-3-5-9-17)18-12-14-20(24)15-13-18/h3-15,23H,16H2,1-2H3/t23-/m0/s1. The van der Waals surface area contributed by atoms with E-state index in [0.29, 0.717) is 5.75 Å². The highest BCUT2D eigenvalue weighted by atomic mass is 19.1. The van der Waals surface area contributed by atoms with Gasteiger partial charge in [0.2, 0.25) is 5.91 Å². The SMILES string of the molecule is COc1ccccc1CC(=O)N(C)[C@@H](c1ccccc1)c1ccc(F)cc1. The first-order valence-electron chi connectivity index (χ1n) is 8.78. The van der Waals surface area contributed by atoms with Crippen LogP contribution in [0.25, 0.3) is 0 Å². The maximum absolute atomic E-state index is 13.4. The van der Waals surface area contributed by atoms with Gasteiger partial charge in [0.05, 0.1) is 19.6 Å². The lowest BCUT2D eigenvalue weighted by Crippen LogP contribution is -2.33. The molecule has 27 heavy (non-hydrogen) atoms. The van der Waals surface area contributed by atoms with Gasteiger partial charge in [0.25, 0.3) is 0 Å². The molecule has 0 unspecified atom stereocenters. The number of halogens is 1. The number of carbonyl (C=O) groups is 1. The van der Waals surface area contributed by atoms with Crippen molar-refractivity contribution in [1.82, 2.24) is 4.90 Å². The number of rotatable bonds is 6. The predicted molar refractivity (Wildman–Crippen MR) is 104 cm³/mol. The molecule has 0 aliphatic carbocycles. The van der Waals surface area contributed by atoms with Gasteiger partial charge in [-0.15, -0.1) is 0 Å². The molecule has 0 saturated heterocycles. The van der Waals surface area contributed by atoms with Gasteiger partial charge >= 0.3 is 0 Å². The molecule has 3 rings (SSSR count). The fraction of sp³-hybridized carbons (Fsp3) is 0.174. The minimum atomic E-state index is -0.298. The van der Waals surface area contributed by atoms with Crippen molar-refractivity contribution in [2.45, 2.75) is 12.5 Å². The Kier molecular flexibility index (Phi) is 5.87. The van der Waals surface area contributed by atoms with Crippen LogP contribution in [0, 0.1) is 5.82 Å². The third kappa shape index (κ3) is 4.34. The van der Waals surface area contributed by atoms with Crippen LogP contribution in [-0.4, -0.2) is 25.0 Å². The number of carbonyl (C=O) groups excluding carboxylic acids is 1. The number of benzene rings is 3. The van der Waals surface area contributed by atoms with E-state index >= 15 is 0 Å². The van der Waals surface area contributed by atoms with E-state index in [1.54, 1.807) is 31.2 Å². The smallest absolute Gasteiger partial charge is 0.227 e. The van der Waals surface area contributed by atoms with Crippen LogP contribution < -0.4 is 4.74 Å². The van der Waals surface area contributed by atoms with Crippen LogP contribution in [0.1, 0.15) is 22.7 Å². The van der Waals surface area contributed by atoms with E-state index in [1.165, 1.54) is 12.1 Å². The van der Waals surface area contributed by atoms with Crippen molar-refractivity contribution in [3.05, 3.63) is 101 Å². The molecule has 0 heterocycles. The van der Waals surface area contributed by atoms with Crippen molar-refractivity contribution in [3.63, 3.8) is 0 Å². The molecule has 3 aromatic rings. The highest BCUT2D eigenvalue weighted by Crippen LogP contribution is 2.29. The summed E-state index contributed by atoms with van der Waals surface area (Å²) in [5.74, 6) is 0.350. The van der Waals surface area contributed by atoms with Crippen LogP contribution in [0.4, 0.5) is 4.39 Å². The summed E-state index contributed by atoms with van der Waals surface area (Å²) in [4.78, 5) is 14.7. The molecule has 138 valence electrons. The van der Waals surface area contributed by atoms with Crippen LogP contribution >= 0.6 is 0 Å². The topological polar surface area (TPSA) is 29.5 Å². The Morgan fingerprint density at radius 1 is 0.926 bits per heavy atom. The summed E-state index contributed by atoms with van der Waals surface area (Å²) in [5, 5.41) is 0. The van der Waals surface area contributed by atoms with Crippen LogP contribution in [0.15, 0.2) is 78.9 Å². The zero-order chi connectivity index (χ0) is 19.2. The van der Waals surface area contributed by atoms with Gasteiger partial charge in [-0.2, -0.15) is 0 Å². The van der Waals surface area contributed by atoms with Gasteiger partial charge in [0.15, 0.2) is 0 Å². The molecule has 0 radical (unpaired) electrons. The summed E-state index contributed by atoms with van der Waals surface area (Å²) in [6.07, 6.45) is 0.227. The average Bonchev–Trinajstić information content (AvgIpc) is 2.70. The van der Waals surface area contributed by atoms with E-state index in [2.05, 4.69) is 0 Å². The largest absolute Gasteiger partial charge is 0.496 e. The van der Waals surface area contributed by atoms with E-state index in [4.69, 9.17) is 4.74 Å². The van der Waals surface area contributed by atoms with Crippen molar-refractivity contribution in [1.29, 1.82) is 0 Å². The molecule has 0 aliphatic rings. The Morgan fingerprint density at radius 3 is 2.19 bits per heavy atom. The van der Waals surface area contributed by atoms with Gasteiger partial charge in [-0.25, -0.2) is 4.39 Å². The third-order valence-corrected chi connectivity index (χ3v) is 4.62. The second-order valence-corrected chi connectivity index (χ2v) is 6.36. The predicted octanol–water partition coefficient (Wildman–Crippen LogP) is 4.62. The van der Waals surface area contributed by atoms with Crippen molar-refractivity contribution >= 4 is 5.91 Å². The van der Waals surface area contributed by atoms with Crippen LogP contribution in [0.5, 0.6) is 5.75 Å². The van der Waals surface area contributed by atoms with E-state index < -0.39 is 0 Å². The third-order valence-electron chi connectivity index (χ3n) is 4.62. The molecule has 0 aliphatic heterocycles. The lowest BCUT2D eigenvalue weighted by atomic mass is 9.96. The molecule has 4 heteroatoms. The monoisotopic (exact) mass is 363 g/mol. The highest BCUT2D eigenvalue weighted by Gasteiger charge is 2.24. The molecule has 3 aromatic carbocycles. The molecule has 0 N–H and O–H groups in total. The Morgan fingerprint density at radius 2 is 1.52 bits per heavy atom. The number of likely N-dealkylation sites (N-methyl/N-ethyl adjacent to an activating group) is 1. The molecule has 0 bridgehead atoms. The Bertz CT molecular complexity index is 894. The van der Waals surface area contributed by atoms with Crippen molar-refractivity contribution in [2.24, 2.45) is 0 Å². The van der Waals surface area contributed by atoms with Gasteiger partial charge in [0, 0.05) is 12.6 Å². The first kappa shape index (κ1) is 18.6. The number of nitrogens with zero attached hydrogens (tertiary/aromatic N) is 1. The average molecular weight is 363 g/mol. The van der Waals surface area contributed by atoms with E-state index in [0.717, 1.165) is 16.7 Å². The van der Waals surface area contributed by atoms with Crippen LogP contribution in [0.2, 0.25) is 0 Å². The van der Waals surface area contributed by atoms with Gasteiger partial charge < -0.3 is 9.64 Å². The number of amides is 1. The number of ether oxygens (including phenoxy) is 1. The second-order valence-electron chi connectivity index (χ2n) is 6.36. The number of para-hydroxylation sites is 1. The second kappa shape index (κ2) is 8.49. The number of hydrogen-bond donors (Lipinski definition) is 0. The first-order valence-corrected chi connectivity index (χ1v) is 8.78. The maximum atomic E-state index is 13.4. The summed E-state index contributed by atoms with van der Waals surface area (Å²) < 4.78 is 18.7. The quantitative estimate of drug-likeness (QED) is 0.639. The summed E-state index contributed by atoms with van der Waals surface area (Å²) in [5.41, 5.74) is 2.67. The van der Waals surface area contributed by atoms with Crippen molar-refractivity contribution in [3.8, 4) is 5.75 Å². The minimum Gasteiger partial charge on any atom is -0.496 e. The summed E-state index contributed by atoms with van der Waals surface area (Å²) in [6.45, 7) is 0. The van der Waals surface area contributed by atoms with Crippen molar-refractivity contribution in [2.75, 3.05) is 14.2 Å². The fourth-order valence-corrected chi connectivity index (χ4v) is 3.20. The zero-order valence-corrected chi connectivity index (χ0v) is 15.4. The van der Waals surface area contributed by atoms with Crippen LogP contribution in [-0.2, 0) is 11.2 Å². The number of methoxy groups -OCH3 is 1. The Labute approximate surface area is 159 Å². The van der Waals surface area contributed by atoms with Crippen molar-refractivity contribution < 1.29 is 13.9 Å². The van der Waals surface area contributed by atoms with Gasteiger partial charge in [-0.05, 0) is 29.3 Å². The Balaban J connectivity index is 1.91. The molecular weight excluding hydrogens is 341 g/mol. The highest BCUT2D eigenvalue weighted by molar-refractivity contribution is 5.80. The van der Waals surface area contributed by atoms with Crippen LogP contribution in [0.3, 0.4) is 0 Å². The lowest BCUT2D eigenvalue weighted by molar-refractivity contribution is -0.130. The first-order chi connectivity index (χ1) is 13.1. The molecular formula is C23H22FNO2. The molecule has 1 atom stereocenters. The van der Waals surface area contributed by atoms with Gasteiger partial charge in [-0.1, -0.05) is 60.7 Å². The Hall–Kier alpha value is -3.14. The summed E-state index contributed by atoms with van der Waals surface area (Å²) in [7, 11) is 3.37. The molecule has 1 amide bonds.